The summed E-state index contributed by atoms with van der Waals surface area (Å²) >= 11 is 3.28. The highest BCUT2D eigenvalue weighted by atomic mass is 32.1. The average molecular weight is 393 g/mol. The molecular weight excluding hydrogens is 372 g/mol. The summed E-state index contributed by atoms with van der Waals surface area (Å²) < 4.78 is 1.16. The Kier molecular flexibility index (Phi) is 4.58. The van der Waals surface area contributed by atoms with Crippen LogP contribution in [0.3, 0.4) is 0 Å². The molecule has 2 heterocycles. The Bertz CT molecular complexity index is 1140. The highest BCUT2D eigenvalue weighted by Gasteiger charge is 2.20. The highest BCUT2D eigenvalue weighted by Crippen LogP contribution is 2.43. The largest absolute Gasteiger partial charge is 0.313 e. The topological polar surface area (TPSA) is 42.0 Å². The lowest BCUT2D eigenvalue weighted by Crippen LogP contribution is -2.13. The zero-order valence-electron chi connectivity index (χ0n) is 15.7. The van der Waals surface area contributed by atoms with Crippen molar-refractivity contribution in [2.75, 3.05) is 5.32 Å². The number of aryl methyl sites for hydroxylation is 3. The molecule has 27 heavy (non-hydrogen) atoms. The summed E-state index contributed by atoms with van der Waals surface area (Å²) in [7, 11) is 0. The fourth-order valence-electron chi connectivity index (χ4n) is 3.10. The first-order valence-electron chi connectivity index (χ1n) is 8.78. The SMILES string of the molecule is Cc1ccc(C)c(C(=O)Nc2sc(C)c(C)c2-c2nc3ccccc3s2)c1. The van der Waals surface area contributed by atoms with E-state index in [1.54, 1.807) is 22.7 Å². The molecule has 4 aromatic rings. The predicted molar refractivity (Wildman–Crippen MR) is 116 cm³/mol. The molecule has 0 saturated carbocycles. The van der Waals surface area contributed by atoms with E-state index in [4.69, 9.17) is 4.98 Å². The Hall–Kier alpha value is -2.50. The third-order valence-corrected chi connectivity index (χ3v) is 6.93. The summed E-state index contributed by atoms with van der Waals surface area (Å²) in [6.45, 7) is 8.15. The van der Waals surface area contributed by atoms with Gasteiger partial charge in [0, 0.05) is 16.0 Å². The minimum Gasteiger partial charge on any atom is -0.313 e. The van der Waals surface area contributed by atoms with Crippen LogP contribution in [0.4, 0.5) is 5.00 Å². The van der Waals surface area contributed by atoms with E-state index in [2.05, 4.69) is 25.2 Å². The van der Waals surface area contributed by atoms with Gasteiger partial charge in [0.05, 0.1) is 10.2 Å². The van der Waals surface area contributed by atoms with Crippen LogP contribution in [0.25, 0.3) is 20.8 Å². The van der Waals surface area contributed by atoms with Crippen molar-refractivity contribution in [1.29, 1.82) is 0 Å². The third-order valence-electron chi connectivity index (χ3n) is 4.76. The van der Waals surface area contributed by atoms with Gasteiger partial charge in [-0.15, -0.1) is 22.7 Å². The van der Waals surface area contributed by atoms with E-state index < -0.39 is 0 Å². The monoisotopic (exact) mass is 392 g/mol. The lowest BCUT2D eigenvalue weighted by Gasteiger charge is -2.09. The molecule has 0 aliphatic rings. The Morgan fingerprint density at radius 1 is 1.00 bits per heavy atom. The number of hydrogen-bond donors (Lipinski definition) is 1. The van der Waals surface area contributed by atoms with Gasteiger partial charge >= 0.3 is 0 Å². The standard InChI is InChI=1S/C22H20N2OS2/c1-12-9-10-13(2)16(11-12)20(25)24-22-19(14(3)15(4)26-22)21-23-17-7-5-6-8-18(17)27-21/h5-11H,1-4H3,(H,24,25). The molecule has 0 spiro atoms. The van der Waals surface area contributed by atoms with E-state index in [1.807, 2.05) is 50.2 Å². The zero-order chi connectivity index (χ0) is 19.1. The number of para-hydroxylation sites is 1. The lowest BCUT2D eigenvalue weighted by molar-refractivity contribution is 0.102. The minimum atomic E-state index is -0.0696. The van der Waals surface area contributed by atoms with Crippen LogP contribution in [0.5, 0.6) is 0 Å². The van der Waals surface area contributed by atoms with Crippen molar-refractivity contribution in [2.24, 2.45) is 0 Å². The first kappa shape index (κ1) is 17.9. The van der Waals surface area contributed by atoms with Gasteiger partial charge in [0.2, 0.25) is 0 Å². The summed E-state index contributed by atoms with van der Waals surface area (Å²) in [6.07, 6.45) is 0. The maximum absolute atomic E-state index is 12.9. The maximum atomic E-state index is 12.9. The lowest BCUT2D eigenvalue weighted by atomic mass is 10.1. The molecule has 0 bridgehead atoms. The van der Waals surface area contributed by atoms with E-state index >= 15 is 0 Å². The summed E-state index contributed by atoms with van der Waals surface area (Å²) in [5, 5.41) is 4.97. The molecule has 0 radical (unpaired) electrons. The van der Waals surface area contributed by atoms with Gasteiger partial charge in [-0.05, 0) is 57.0 Å². The number of anilines is 1. The number of aromatic nitrogens is 1. The number of thiazole rings is 1. The normalized spacial score (nSPS) is 11.1. The van der Waals surface area contributed by atoms with Crippen molar-refractivity contribution in [3.8, 4) is 10.6 Å². The predicted octanol–water partition coefficient (Wildman–Crippen LogP) is 6.51. The fraction of sp³-hybridized carbons (Fsp3) is 0.182. The first-order chi connectivity index (χ1) is 12.9. The Balaban J connectivity index is 1.77. The van der Waals surface area contributed by atoms with Gasteiger partial charge in [-0.2, -0.15) is 0 Å². The molecule has 4 rings (SSSR count). The number of nitrogens with one attached hydrogen (secondary N) is 1. The smallest absolute Gasteiger partial charge is 0.256 e. The van der Waals surface area contributed by atoms with Crippen LogP contribution in [0.2, 0.25) is 0 Å². The molecule has 2 aromatic heterocycles. The molecule has 0 aliphatic carbocycles. The second kappa shape index (κ2) is 6.91. The number of hydrogen-bond acceptors (Lipinski definition) is 4. The van der Waals surface area contributed by atoms with Gasteiger partial charge in [-0.1, -0.05) is 29.8 Å². The van der Waals surface area contributed by atoms with Crippen molar-refractivity contribution in [2.45, 2.75) is 27.7 Å². The van der Waals surface area contributed by atoms with E-state index in [0.717, 1.165) is 36.9 Å². The summed E-state index contributed by atoms with van der Waals surface area (Å²) in [6, 6.07) is 14.1. The van der Waals surface area contributed by atoms with Crippen LogP contribution in [0.15, 0.2) is 42.5 Å². The Morgan fingerprint density at radius 2 is 1.78 bits per heavy atom. The second-order valence-corrected chi connectivity index (χ2v) is 9.00. The summed E-state index contributed by atoms with van der Waals surface area (Å²) in [5.74, 6) is -0.0696. The highest BCUT2D eigenvalue weighted by molar-refractivity contribution is 7.22. The molecule has 2 aromatic carbocycles. The molecule has 0 atom stereocenters. The van der Waals surface area contributed by atoms with Crippen LogP contribution in [0.1, 0.15) is 31.9 Å². The molecule has 1 N–H and O–H groups in total. The van der Waals surface area contributed by atoms with E-state index in [-0.39, 0.29) is 5.91 Å². The molecule has 0 aliphatic heterocycles. The van der Waals surface area contributed by atoms with Gasteiger partial charge in [-0.25, -0.2) is 4.98 Å². The fourth-order valence-corrected chi connectivity index (χ4v) is 5.30. The van der Waals surface area contributed by atoms with Gasteiger partial charge in [0.15, 0.2) is 0 Å². The van der Waals surface area contributed by atoms with E-state index in [9.17, 15) is 4.79 Å². The third kappa shape index (κ3) is 3.29. The van der Waals surface area contributed by atoms with Crippen LogP contribution in [-0.4, -0.2) is 10.9 Å². The van der Waals surface area contributed by atoms with Crippen molar-refractivity contribution in [3.05, 3.63) is 69.6 Å². The number of thiophene rings is 1. The van der Waals surface area contributed by atoms with Gasteiger partial charge < -0.3 is 5.32 Å². The molecule has 1 amide bonds. The van der Waals surface area contributed by atoms with Crippen LogP contribution in [0, 0.1) is 27.7 Å². The molecule has 0 unspecified atom stereocenters. The number of benzene rings is 2. The van der Waals surface area contributed by atoms with Gasteiger partial charge in [0.25, 0.3) is 5.91 Å². The Labute approximate surface area is 166 Å². The molecule has 5 heteroatoms. The van der Waals surface area contributed by atoms with Gasteiger partial charge in [0.1, 0.15) is 10.0 Å². The number of carbonyl (C=O) groups excluding carboxylic acids is 1. The minimum absolute atomic E-state index is 0.0696. The van der Waals surface area contributed by atoms with Crippen LogP contribution < -0.4 is 5.32 Å². The average Bonchev–Trinajstić information content (AvgIpc) is 3.17. The second-order valence-electron chi connectivity index (χ2n) is 6.75. The number of amides is 1. The molecule has 0 fully saturated rings. The van der Waals surface area contributed by atoms with Crippen molar-refractivity contribution in [1.82, 2.24) is 4.98 Å². The zero-order valence-corrected chi connectivity index (χ0v) is 17.3. The van der Waals surface area contributed by atoms with Crippen molar-refractivity contribution in [3.63, 3.8) is 0 Å². The van der Waals surface area contributed by atoms with Gasteiger partial charge in [-0.3, -0.25) is 4.79 Å². The molecule has 136 valence electrons. The first-order valence-corrected chi connectivity index (χ1v) is 10.4. The van der Waals surface area contributed by atoms with Crippen molar-refractivity contribution >= 4 is 43.8 Å². The summed E-state index contributed by atoms with van der Waals surface area (Å²) in [4.78, 5) is 18.9. The number of fused-ring (bicyclic) bond motifs is 1. The molecule has 0 saturated heterocycles. The molecule has 3 nitrogen and oxygen atoms in total. The van der Waals surface area contributed by atoms with E-state index in [1.165, 1.54) is 10.4 Å². The maximum Gasteiger partial charge on any atom is 0.256 e. The number of rotatable bonds is 3. The number of nitrogens with zero attached hydrogens (tertiary/aromatic N) is 1. The van der Waals surface area contributed by atoms with Crippen LogP contribution in [-0.2, 0) is 0 Å². The quantitative estimate of drug-likeness (QED) is 0.432. The number of carbonyl (C=O) groups is 1. The molecular formula is C22H20N2OS2. The summed E-state index contributed by atoms with van der Waals surface area (Å²) in [5.41, 5.74) is 5.98. The van der Waals surface area contributed by atoms with E-state index in [0.29, 0.717) is 5.56 Å². The Morgan fingerprint density at radius 3 is 2.56 bits per heavy atom. The van der Waals surface area contributed by atoms with Crippen molar-refractivity contribution < 1.29 is 4.79 Å². The van der Waals surface area contributed by atoms with Crippen LogP contribution >= 0.6 is 22.7 Å².